The fourth-order valence-corrected chi connectivity index (χ4v) is 5.85. The van der Waals surface area contributed by atoms with Crippen molar-refractivity contribution in [3.8, 4) is 11.5 Å². The van der Waals surface area contributed by atoms with Crippen molar-refractivity contribution in [2.75, 3.05) is 19.7 Å². The molecular weight excluding hydrogens is 654 g/mol. The molecule has 5 rings (SSSR count). The van der Waals surface area contributed by atoms with Crippen LogP contribution in [0.4, 0.5) is 0 Å². The molecule has 0 aliphatic rings. The van der Waals surface area contributed by atoms with Crippen LogP contribution in [0.1, 0.15) is 53.9 Å². The molecule has 0 radical (unpaired) electrons. The number of para-hydroxylation sites is 1. The second-order valence-electron chi connectivity index (χ2n) is 13.1. The van der Waals surface area contributed by atoms with E-state index < -0.39 is 23.6 Å². The SMILES string of the molecule is CC(C)(C)OC(=O)CNC(=O)c1cccc2c(Oc3ccc(C[C@@H](CO)N(Cc4ccccc4)C[C@H](O)c4cccc(Cl)c4)cc3)ccnc12. The monoisotopic (exact) mass is 695 g/mol. The average Bonchev–Trinajstić information content (AvgIpc) is 3.09. The number of hydrogen-bond acceptors (Lipinski definition) is 8. The quantitative estimate of drug-likeness (QED) is 0.107. The maximum absolute atomic E-state index is 13.0. The molecule has 1 amide bonds. The first-order valence-electron chi connectivity index (χ1n) is 16.5. The number of rotatable bonds is 14. The number of ether oxygens (including phenoxy) is 2. The van der Waals surface area contributed by atoms with Gasteiger partial charge >= 0.3 is 5.97 Å². The van der Waals surface area contributed by atoms with Crippen LogP contribution in [-0.2, 0) is 22.5 Å². The van der Waals surface area contributed by atoms with Gasteiger partial charge in [-0.3, -0.25) is 19.5 Å². The Hall–Kier alpha value is -4.80. The summed E-state index contributed by atoms with van der Waals surface area (Å²) in [5.74, 6) is 0.118. The Labute approximate surface area is 297 Å². The third-order valence-electron chi connectivity index (χ3n) is 8.01. The highest BCUT2D eigenvalue weighted by atomic mass is 35.5. The van der Waals surface area contributed by atoms with Gasteiger partial charge in [0, 0.05) is 35.7 Å². The van der Waals surface area contributed by atoms with Gasteiger partial charge in [0.25, 0.3) is 5.91 Å². The van der Waals surface area contributed by atoms with Crippen molar-refractivity contribution in [2.45, 2.75) is 51.5 Å². The maximum atomic E-state index is 13.0. The van der Waals surface area contributed by atoms with E-state index in [0.29, 0.717) is 58.1 Å². The number of nitrogens with zero attached hydrogens (tertiary/aromatic N) is 2. The van der Waals surface area contributed by atoms with Gasteiger partial charge in [0.05, 0.1) is 23.8 Å². The van der Waals surface area contributed by atoms with Crippen LogP contribution in [-0.4, -0.2) is 63.3 Å². The summed E-state index contributed by atoms with van der Waals surface area (Å²) in [5.41, 5.74) is 2.86. The fraction of sp³-hybridized carbons (Fsp3) is 0.275. The van der Waals surface area contributed by atoms with Crippen LogP contribution in [0.5, 0.6) is 11.5 Å². The van der Waals surface area contributed by atoms with Crippen molar-refractivity contribution in [1.82, 2.24) is 15.2 Å². The van der Waals surface area contributed by atoms with Gasteiger partial charge in [-0.25, -0.2) is 0 Å². The van der Waals surface area contributed by atoms with E-state index in [1.165, 1.54) is 0 Å². The molecule has 0 fully saturated rings. The molecule has 4 aromatic carbocycles. The van der Waals surface area contributed by atoms with Gasteiger partial charge in [-0.05, 0) is 86.3 Å². The zero-order chi connectivity index (χ0) is 35.7. The summed E-state index contributed by atoms with van der Waals surface area (Å²) in [5, 5.41) is 25.5. The topological polar surface area (TPSA) is 121 Å². The number of pyridine rings is 1. The van der Waals surface area contributed by atoms with Gasteiger partial charge in [-0.2, -0.15) is 0 Å². The van der Waals surface area contributed by atoms with Gasteiger partial charge < -0.3 is 25.0 Å². The smallest absolute Gasteiger partial charge is 0.325 e. The Morgan fingerprint density at radius 3 is 2.36 bits per heavy atom. The Balaban J connectivity index is 1.29. The minimum atomic E-state index is -0.797. The lowest BCUT2D eigenvalue weighted by molar-refractivity contribution is -0.153. The third-order valence-corrected chi connectivity index (χ3v) is 8.24. The summed E-state index contributed by atoms with van der Waals surface area (Å²) in [6.45, 7) is 5.77. The second kappa shape index (κ2) is 16.7. The van der Waals surface area contributed by atoms with E-state index in [2.05, 4.69) is 15.2 Å². The van der Waals surface area contributed by atoms with E-state index in [4.69, 9.17) is 21.1 Å². The molecule has 0 aliphatic carbocycles. The van der Waals surface area contributed by atoms with E-state index in [-0.39, 0.29) is 19.2 Å². The lowest BCUT2D eigenvalue weighted by Gasteiger charge is -2.32. The summed E-state index contributed by atoms with van der Waals surface area (Å²) in [7, 11) is 0. The number of aliphatic hydroxyl groups is 2. The number of aromatic nitrogens is 1. The number of halogens is 1. The normalized spacial score (nSPS) is 12.8. The van der Waals surface area contributed by atoms with Crippen molar-refractivity contribution < 1.29 is 29.3 Å². The fourth-order valence-electron chi connectivity index (χ4n) is 5.65. The average molecular weight is 696 g/mol. The predicted octanol–water partition coefficient (Wildman–Crippen LogP) is 6.89. The Kier molecular flexibility index (Phi) is 12.2. The standard InChI is InChI=1S/C40H42ClN3O6/c1-40(2,3)50-37(47)23-43-39(48)34-14-8-13-33-36(19-20-42-38(33)34)49-32-17-15-27(16-18-32)21-31(26-45)44(24-28-9-5-4-6-10-28)25-35(46)29-11-7-12-30(41)22-29/h4-20,22,31,35,45-46H,21,23-26H2,1-3H3,(H,43,48)/t31-,35-/m0/s1. The molecule has 0 saturated carbocycles. The van der Waals surface area contributed by atoms with Gasteiger partial charge in [-0.1, -0.05) is 72.3 Å². The number of fused-ring (bicyclic) bond motifs is 1. The molecule has 1 aromatic heterocycles. The van der Waals surface area contributed by atoms with Gasteiger partial charge in [0.1, 0.15) is 23.6 Å². The number of esters is 1. The summed E-state index contributed by atoms with van der Waals surface area (Å²) in [6, 6.07) is 31.4. The zero-order valence-corrected chi connectivity index (χ0v) is 29.1. The predicted molar refractivity (Wildman–Crippen MR) is 194 cm³/mol. The molecule has 5 aromatic rings. The number of aliphatic hydroxyl groups excluding tert-OH is 2. The van der Waals surface area contributed by atoms with Crippen LogP contribution in [0.3, 0.4) is 0 Å². The highest BCUT2D eigenvalue weighted by Crippen LogP contribution is 2.31. The minimum absolute atomic E-state index is 0.107. The molecule has 0 spiro atoms. The Bertz CT molecular complexity index is 1900. The molecule has 50 heavy (non-hydrogen) atoms. The molecule has 0 aliphatic heterocycles. The molecule has 0 bridgehead atoms. The maximum Gasteiger partial charge on any atom is 0.325 e. The molecule has 9 nitrogen and oxygen atoms in total. The van der Waals surface area contributed by atoms with Gasteiger partial charge in [-0.15, -0.1) is 0 Å². The van der Waals surface area contributed by atoms with Crippen molar-refractivity contribution >= 4 is 34.4 Å². The van der Waals surface area contributed by atoms with Gasteiger partial charge in [0.2, 0.25) is 0 Å². The number of nitrogens with one attached hydrogen (secondary N) is 1. The van der Waals surface area contributed by atoms with Crippen LogP contribution >= 0.6 is 11.6 Å². The molecule has 0 unspecified atom stereocenters. The lowest BCUT2D eigenvalue weighted by Crippen LogP contribution is -2.41. The number of benzene rings is 4. The van der Waals surface area contributed by atoms with Crippen LogP contribution in [0.25, 0.3) is 10.9 Å². The Morgan fingerprint density at radius 2 is 1.66 bits per heavy atom. The van der Waals surface area contributed by atoms with E-state index in [1.807, 2.05) is 72.8 Å². The van der Waals surface area contributed by atoms with Crippen LogP contribution < -0.4 is 10.1 Å². The first-order valence-corrected chi connectivity index (χ1v) is 16.8. The molecule has 2 atom stereocenters. The first-order chi connectivity index (χ1) is 24.0. The molecular formula is C40H42ClN3O6. The van der Waals surface area contributed by atoms with Crippen molar-refractivity contribution in [3.05, 3.63) is 137 Å². The minimum Gasteiger partial charge on any atom is -0.459 e. The number of carbonyl (C=O) groups is 2. The molecule has 260 valence electrons. The van der Waals surface area contributed by atoms with E-state index in [1.54, 1.807) is 57.3 Å². The highest BCUT2D eigenvalue weighted by molar-refractivity contribution is 6.30. The summed E-state index contributed by atoms with van der Waals surface area (Å²) >= 11 is 6.19. The first kappa shape index (κ1) is 36.5. The number of hydrogen-bond donors (Lipinski definition) is 3. The molecule has 0 saturated heterocycles. The van der Waals surface area contributed by atoms with Crippen LogP contribution in [0.2, 0.25) is 5.02 Å². The van der Waals surface area contributed by atoms with E-state index in [9.17, 15) is 19.8 Å². The largest absolute Gasteiger partial charge is 0.459 e. The zero-order valence-electron chi connectivity index (χ0n) is 28.4. The second-order valence-corrected chi connectivity index (χ2v) is 13.5. The number of carbonyl (C=O) groups excluding carboxylic acids is 2. The molecule has 10 heteroatoms. The highest BCUT2D eigenvalue weighted by Gasteiger charge is 2.23. The summed E-state index contributed by atoms with van der Waals surface area (Å²) in [6.07, 6.45) is 1.31. The molecule has 3 N–H and O–H groups in total. The van der Waals surface area contributed by atoms with Crippen molar-refractivity contribution in [2.24, 2.45) is 0 Å². The van der Waals surface area contributed by atoms with Crippen molar-refractivity contribution in [3.63, 3.8) is 0 Å². The van der Waals surface area contributed by atoms with E-state index in [0.717, 1.165) is 11.1 Å². The van der Waals surface area contributed by atoms with Gasteiger partial charge in [0.15, 0.2) is 0 Å². The van der Waals surface area contributed by atoms with E-state index >= 15 is 0 Å². The Morgan fingerprint density at radius 1 is 0.920 bits per heavy atom. The van der Waals surface area contributed by atoms with Crippen molar-refractivity contribution in [1.29, 1.82) is 0 Å². The lowest BCUT2D eigenvalue weighted by atomic mass is 10.0. The van der Waals surface area contributed by atoms with Crippen LogP contribution in [0, 0.1) is 0 Å². The number of amides is 1. The summed E-state index contributed by atoms with van der Waals surface area (Å²) in [4.78, 5) is 31.7. The molecule has 1 heterocycles. The third kappa shape index (κ3) is 10.1. The summed E-state index contributed by atoms with van der Waals surface area (Å²) < 4.78 is 11.5. The van der Waals surface area contributed by atoms with Crippen LogP contribution in [0.15, 0.2) is 109 Å².